The zero-order valence-corrected chi connectivity index (χ0v) is 18.0. The maximum atomic E-state index is 12.3. The fourth-order valence-corrected chi connectivity index (χ4v) is 3.68. The Morgan fingerprint density at radius 2 is 1.83 bits per heavy atom. The van der Waals surface area contributed by atoms with E-state index in [1.54, 1.807) is 6.20 Å². The lowest BCUT2D eigenvalue weighted by Gasteiger charge is -2.30. The second-order valence-corrected chi connectivity index (χ2v) is 8.24. The van der Waals surface area contributed by atoms with Crippen molar-refractivity contribution >= 4 is 17.6 Å². The summed E-state index contributed by atoms with van der Waals surface area (Å²) in [5.74, 6) is 1.90. The Balaban J connectivity index is 1.60. The van der Waals surface area contributed by atoms with Crippen LogP contribution < -0.4 is 15.8 Å². The maximum absolute atomic E-state index is 12.3. The second kappa shape index (κ2) is 8.26. The molecule has 7 heteroatoms. The summed E-state index contributed by atoms with van der Waals surface area (Å²) < 4.78 is 0. The van der Waals surface area contributed by atoms with Gasteiger partial charge in [-0.05, 0) is 62.8 Å². The molecule has 1 aliphatic heterocycles. The number of rotatable bonds is 4. The first kappa shape index (κ1) is 20.1. The van der Waals surface area contributed by atoms with Crippen LogP contribution in [0, 0.1) is 26.7 Å². The van der Waals surface area contributed by atoms with Crippen LogP contribution in [0.4, 0.5) is 17.6 Å². The number of aromatic nitrogens is 4. The smallest absolute Gasteiger partial charge is 0.252 e. The molecule has 0 spiro atoms. The highest BCUT2D eigenvalue weighted by Crippen LogP contribution is 2.25. The van der Waals surface area contributed by atoms with Crippen LogP contribution in [0.1, 0.15) is 36.6 Å². The highest BCUT2D eigenvalue weighted by atomic mass is 16.1. The van der Waals surface area contributed by atoms with Crippen LogP contribution in [0.5, 0.6) is 0 Å². The summed E-state index contributed by atoms with van der Waals surface area (Å²) in [5, 5.41) is 3.19. The molecule has 156 valence electrons. The number of nitrogens with one attached hydrogen (secondary N) is 2. The maximum Gasteiger partial charge on any atom is 0.252 e. The summed E-state index contributed by atoms with van der Waals surface area (Å²) in [5.41, 5.74) is 5.17. The minimum Gasteiger partial charge on any atom is -0.341 e. The van der Waals surface area contributed by atoms with Crippen LogP contribution in [0.15, 0.2) is 35.3 Å². The van der Waals surface area contributed by atoms with Gasteiger partial charge in [0.05, 0.1) is 11.4 Å². The third-order valence-corrected chi connectivity index (χ3v) is 5.82. The number of aryl methyl sites for hydroxylation is 3. The Hall–Kier alpha value is -3.22. The quantitative estimate of drug-likeness (QED) is 0.680. The number of aromatic amines is 1. The Kier molecular flexibility index (Phi) is 5.53. The average molecular weight is 405 g/mol. The van der Waals surface area contributed by atoms with Crippen LogP contribution in [0.3, 0.4) is 0 Å². The van der Waals surface area contributed by atoms with Crippen LogP contribution in [0.2, 0.25) is 0 Å². The van der Waals surface area contributed by atoms with Gasteiger partial charge >= 0.3 is 0 Å². The van der Waals surface area contributed by atoms with Gasteiger partial charge in [-0.3, -0.25) is 9.78 Å². The van der Waals surface area contributed by atoms with Crippen molar-refractivity contribution in [1.82, 2.24) is 19.9 Å². The zero-order valence-electron chi connectivity index (χ0n) is 18.0. The molecular weight excluding hydrogens is 376 g/mol. The number of nitrogens with zero attached hydrogens (tertiary/aromatic N) is 4. The van der Waals surface area contributed by atoms with E-state index in [1.165, 1.54) is 17.2 Å². The van der Waals surface area contributed by atoms with Crippen molar-refractivity contribution in [2.75, 3.05) is 23.3 Å². The van der Waals surface area contributed by atoms with Gasteiger partial charge in [-0.25, -0.2) is 15.0 Å². The van der Waals surface area contributed by atoms with E-state index >= 15 is 0 Å². The predicted molar refractivity (Wildman–Crippen MR) is 120 cm³/mol. The Morgan fingerprint density at radius 3 is 2.53 bits per heavy atom. The van der Waals surface area contributed by atoms with Gasteiger partial charge in [0.1, 0.15) is 0 Å². The first-order chi connectivity index (χ1) is 14.4. The molecule has 0 unspecified atom stereocenters. The number of benzene rings is 1. The first-order valence-corrected chi connectivity index (χ1v) is 10.4. The fourth-order valence-electron chi connectivity index (χ4n) is 3.68. The molecule has 1 saturated heterocycles. The van der Waals surface area contributed by atoms with E-state index in [0.29, 0.717) is 11.6 Å². The van der Waals surface area contributed by atoms with E-state index in [0.717, 1.165) is 54.7 Å². The summed E-state index contributed by atoms with van der Waals surface area (Å²) >= 11 is 0. The molecule has 7 nitrogen and oxygen atoms in total. The van der Waals surface area contributed by atoms with Gasteiger partial charge in [-0.2, -0.15) is 0 Å². The monoisotopic (exact) mass is 404 g/mol. The number of anilines is 3. The lowest BCUT2D eigenvalue weighted by atomic mass is 10.00. The molecule has 0 saturated carbocycles. The zero-order chi connectivity index (χ0) is 21.3. The van der Waals surface area contributed by atoms with Gasteiger partial charge in [-0.1, -0.05) is 13.0 Å². The molecule has 30 heavy (non-hydrogen) atoms. The molecule has 2 aromatic heterocycles. The topological polar surface area (TPSA) is 86.8 Å². The van der Waals surface area contributed by atoms with Gasteiger partial charge in [0.2, 0.25) is 11.9 Å². The van der Waals surface area contributed by atoms with Crippen LogP contribution in [-0.4, -0.2) is 33.0 Å². The third-order valence-electron chi connectivity index (χ3n) is 5.82. The highest BCUT2D eigenvalue weighted by Gasteiger charge is 2.19. The van der Waals surface area contributed by atoms with Crippen molar-refractivity contribution in [2.45, 2.75) is 40.5 Å². The number of hydrogen-bond donors (Lipinski definition) is 2. The molecule has 1 aliphatic rings. The number of piperidine rings is 1. The second-order valence-electron chi connectivity index (χ2n) is 8.24. The van der Waals surface area contributed by atoms with Crippen LogP contribution in [0.25, 0.3) is 11.3 Å². The summed E-state index contributed by atoms with van der Waals surface area (Å²) in [6.07, 6.45) is 4.10. The standard InChI is InChI=1S/C23H28N6O/c1-14-7-9-29(10-8-14)23-24-13-19(17(4)25-23)20-12-21(30)28-22(27-20)26-18-6-5-15(2)16(3)11-18/h5-6,11-14H,7-10H2,1-4H3,(H2,26,27,28,30). The molecule has 1 fully saturated rings. The van der Waals surface area contributed by atoms with Crippen LogP contribution >= 0.6 is 0 Å². The number of H-pyrrole nitrogens is 1. The molecule has 0 radical (unpaired) electrons. The van der Waals surface area contributed by atoms with Crippen molar-refractivity contribution in [3.63, 3.8) is 0 Å². The van der Waals surface area contributed by atoms with Crippen molar-refractivity contribution in [3.8, 4) is 11.3 Å². The highest BCUT2D eigenvalue weighted by molar-refractivity contribution is 5.64. The molecule has 0 aliphatic carbocycles. The molecule has 3 heterocycles. The molecule has 0 bridgehead atoms. The van der Waals surface area contributed by atoms with E-state index in [1.807, 2.05) is 25.1 Å². The van der Waals surface area contributed by atoms with E-state index in [4.69, 9.17) is 4.98 Å². The van der Waals surface area contributed by atoms with E-state index < -0.39 is 0 Å². The van der Waals surface area contributed by atoms with Gasteiger partial charge in [0.15, 0.2) is 0 Å². The Bertz CT molecular complexity index is 1110. The van der Waals surface area contributed by atoms with Crippen molar-refractivity contribution in [2.24, 2.45) is 5.92 Å². The molecule has 0 atom stereocenters. The summed E-state index contributed by atoms with van der Waals surface area (Å²) in [4.78, 5) is 31.1. The third kappa shape index (κ3) is 4.35. The summed E-state index contributed by atoms with van der Waals surface area (Å²) in [7, 11) is 0. The Morgan fingerprint density at radius 1 is 1.07 bits per heavy atom. The van der Waals surface area contributed by atoms with Crippen LogP contribution in [-0.2, 0) is 0 Å². The fraction of sp³-hybridized carbons (Fsp3) is 0.391. The van der Waals surface area contributed by atoms with Gasteiger partial charge in [-0.15, -0.1) is 0 Å². The van der Waals surface area contributed by atoms with E-state index in [2.05, 4.69) is 45.9 Å². The van der Waals surface area contributed by atoms with Crippen molar-refractivity contribution in [3.05, 3.63) is 57.6 Å². The summed E-state index contributed by atoms with van der Waals surface area (Å²) in [6, 6.07) is 7.53. The largest absolute Gasteiger partial charge is 0.341 e. The van der Waals surface area contributed by atoms with Gasteiger partial charge in [0, 0.05) is 36.6 Å². The molecule has 3 aromatic rings. The summed E-state index contributed by atoms with van der Waals surface area (Å²) in [6.45, 7) is 10.3. The molecular formula is C23H28N6O. The van der Waals surface area contributed by atoms with Gasteiger partial charge < -0.3 is 10.2 Å². The molecule has 4 rings (SSSR count). The van der Waals surface area contributed by atoms with Crippen molar-refractivity contribution in [1.29, 1.82) is 0 Å². The van der Waals surface area contributed by atoms with Crippen molar-refractivity contribution < 1.29 is 0 Å². The molecule has 1 aromatic carbocycles. The van der Waals surface area contributed by atoms with E-state index in [-0.39, 0.29) is 5.56 Å². The predicted octanol–water partition coefficient (Wildman–Crippen LogP) is 4.13. The normalized spacial score (nSPS) is 14.7. The SMILES string of the molecule is Cc1ccc(Nc2nc(-c3cnc(N4CCC(C)CC4)nc3C)cc(=O)[nH]2)cc1C. The molecule has 2 N–H and O–H groups in total. The average Bonchev–Trinajstić information content (AvgIpc) is 2.71. The Labute approximate surface area is 176 Å². The number of hydrogen-bond acceptors (Lipinski definition) is 6. The van der Waals surface area contributed by atoms with E-state index in [9.17, 15) is 4.79 Å². The lowest BCUT2D eigenvalue weighted by Crippen LogP contribution is -2.34. The minimum absolute atomic E-state index is 0.222. The lowest BCUT2D eigenvalue weighted by molar-refractivity contribution is 0.434. The first-order valence-electron chi connectivity index (χ1n) is 10.4. The minimum atomic E-state index is -0.222. The molecule has 0 amide bonds. The van der Waals surface area contributed by atoms with Gasteiger partial charge in [0.25, 0.3) is 5.56 Å².